The van der Waals surface area contributed by atoms with Crippen LogP contribution in [-0.2, 0) is 42.9 Å². The molecule has 1 unspecified atom stereocenters. The normalized spacial score (nSPS) is 48.4. The summed E-state index contributed by atoms with van der Waals surface area (Å²) in [7, 11) is 1.13. The number of carbonyl (C=O) groups excluding carboxylic acids is 4. The van der Waals surface area contributed by atoms with Gasteiger partial charge in [-0.2, -0.15) is 0 Å². The molecule has 7 rings (SSSR count). The number of rotatable bonds is 5. The Bertz CT molecular complexity index is 1510. The summed E-state index contributed by atoms with van der Waals surface area (Å²) in [6, 6.07) is 1.72. The third-order valence-corrected chi connectivity index (χ3v) is 12.2. The lowest BCUT2D eigenvalue weighted by Crippen LogP contribution is -2.84. The maximum absolute atomic E-state index is 14.9. The van der Waals surface area contributed by atoms with Gasteiger partial charge in [-0.25, -0.2) is 9.59 Å². The van der Waals surface area contributed by atoms with Crippen LogP contribution in [-0.4, -0.2) is 82.2 Å². The van der Waals surface area contributed by atoms with E-state index >= 15 is 0 Å². The Kier molecular flexibility index (Phi) is 5.79. The van der Waals surface area contributed by atoms with Crippen LogP contribution in [0.15, 0.2) is 34.7 Å². The minimum absolute atomic E-state index is 0.0880. The Hall–Kier alpha value is -3.06. The minimum Gasteiger partial charge on any atom is -0.472 e. The summed E-state index contributed by atoms with van der Waals surface area (Å²) >= 11 is 0. The van der Waals surface area contributed by atoms with Gasteiger partial charge in [0.2, 0.25) is 0 Å². The quantitative estimate of drug-likeness (QED) is 0.214. The van der Waals surface area contributed by atoms with Crippen molar-refractivity contribution in [2.24, 2.45) is 28.1 Å². The molecule has 12 atom stereocenters. The fraction of sp³-hybridized carbons (Fsp3) is 0.688. The van der Waals surface area contributed by atoms with Crippen molar-refractivity contribution in [2.75, 3.05) is 7.11 Å². The highest BCUT2D eigenvalue weighted by molar-refractivity contribution is 6.01. The first-order chi connectivity index (χ1) is 20.5. The lowest BCUT2D eigenvalue weighted by Gasteiger charge is -2.65. The molecule has 2 bridgehead atoms. The molecular formula is C32H38O12. The van der Waals surface area contributed by atoms with Gasteiger partial charge in [0.25, 0.3) is 0 Å². The monoisotopic (exact) mass is 614 g/mol. The van der Waals surface area contributed by atoms with Crippen LogP contribution in [0.5, 0.6) is 0 Å². The van der Waals surface area contributed by atoms with Crippen LogP contribution < -0.4 is 0 Å². The molecule has 44 heavy (non-hydrogen) atoms. The van der Waals surface area contributed by atoms with Crippen LogP contribution in [0.4, 0.5) is 0 Å². The highest BCUT2D eigenvalue weighted by Crippen LogP contribution is 2.85. The zero-order valence-electron chi connectivity index (χ0n) is 25.7. The maximum atomic E-state index is 14.9. The smallest absolute Gasteiger partial charge is 0.335 e. The Balaban J connectivity index is 1.45. The average Bonchev–Trinajstić information content (AvgIpc) is 3.84. The summed E-state index contributed by atoms with van der Waals surface area (Å²) in [6.45, 7) is 10.0. The third-order valence-electron chi connectivity index (χ3n) is 12.2. The van der Waals surface area contributed by atoms with Crippen LogP contribution >= 0.6 is 0 Å². The second kappa shape index (κ2) is 8.60. The van der Waals surface area contributed by atoms with Gasteiger partial charge in [0.15, 0.2) is 17.5 Å². The van der Waals surface area contributed by atoms with Gasteiger partial charge in [-0.1, -0.05) is 26.8 Å². The summed E-state index contributed by atoms with van der Waals surface area (Å²) < 4.78 is 35.4. The molecule has 2 N–H and O–H groups in total. The van der Waals surface area contributed by atoms with Crippen molar-refractivity contribution in [1.29, 1.82) is 0 Å². The molecule has 12 nitrogen and oxygen atoms in total. The van der Waals surface area contributed by atoms with E-state index in [0.717, 1.165) is 7.11 Å². The van der Waals surface area contributed by atoms with Crippen molar-refractivity contribution >= 4 is 23.7 Å². The summed E-state index contributed by atoms with van der Waals surface area (Å²) in [5, 5.41) is 24.4. The van der Waals surface area contributed by atoms with Crippen LogP contribution in [0.25, 0.3) is 0 Å². The molecule has 1 aromatic heterocycles. The zero-order valence-corrected chi connectivity index (χ0v) is 25.7. The molecule has 0 radical (unpaired) electrons. The minimum atomic E-state index is -2.40. The van der Waals surface area contributed by atoms with Gasteiger partial charge in [0, 0.05) is 33.8 Å². The Morgan fingerprint density at radius 1 is 1.16 bits per heavy atom. The van der Waals surface area contributed by atoms with E-state index < -0.39 is 99.1 Å². The molecule has 6 aliphatic rings. The number of ether oxygens (including phenoxy) is 5. The molecule has 238 valence electrons. The molecule has 3 saturated carbocycles. The number of furan rings is 1. The highest BCUT2D eigenvalue weighted by Gasteiger charge is 3.02. The zero-order chi connectivity index (χ0) is 32.0. The SMILES string of the molecule is C/C=C(\C)C(=O)O[C@H]1C(C)(C)[C@H](C(O)C(=O)OC)[C@]2(C)C(=O)[C@@]1(O)[C@H]1O[C@]13[C@@H]1CC(=O)O[C@@H](c4ccoc4)[C@]1(C)C[C@H]1O[C@]132. The van der Waals surface area contributed by atoms with Crippen molar-refractivity contribution in [3.63, 3.8) is 0 Å². The first-order valence-electron chi connectivity index (χ1n) is 15.0. The fourth-order valence-electron chi connectivity index (χ4n) is 10.4. The Morgan fingerprint density at radius 3 is 2.48 bits per heavy atom. The van der Waals surface area contributed by atoms with Crippen molar-refractivity contribution in [1.82, 2.24) is 0 Å². The predicted octanol–water partition coefficient (Wildman–Crippen LogP) is 1.96. The molecule has 1 aromatic rings. The molecule has 4 heterocycles. The van der Waals surface area contributed by atoms with E-state index in [2.05, 4.69) is 0 Å². The van der Waals surface area contributed by atoms with Gasteiger partial charge in [0.05, 0.1) is 37.6 Å². The first kappa shape index (κ1) is 29.6. The number of allylic oxidation sites excluding steroid dienone is 1. The summed E-state index contributed by atoms with van der Waals surface area (Å²) in [5.41, 5.74) is -8.22. The van der Waals surface area contributed by atoms with E-state index in [1.807, 2.05) is 6.92 Å². The molecule has 6 fully saturated rings. The van der Waals surface area contributed by atoms with Gasteiger partial charge in [-0.3, -0.25) is 9.59 Å². The number of aliphatic hydroxyl groups is 2. The number of esters is 3. The molecule has 0 amide bonds. The number of fused-ring (bicyclic) bond motifs is 4. The van der Waals surface area contributed by atoms with Crippen molar-refractivity contribution in [3.8, 4) is 0 Å². The van der Waals surface area contributed by atoms with Crippen molar-refractivity contribution in [3.05, 3.63) is 35.8 Å². The topological polar surface area (TPSA) is 175 Å². The summed E-state index contributed by atoms with van der Waals surface area (Å²) in [6.07, 6.45) is -1.12. The molecule has 12 heteroatoms. The van der Waals surface area contributed by atoms with E-state index in [1.54, 1.807) is 46.8 Å². The number of methoxy groups -OCH3 is 1. The predicted molar refractivity (Wildman–Crippen MR) is 146 cm³/mol. The van der Waals surface area contributed by atoms with Gasteiger partial charge >= 0.3 is 17.9 Å². The Morgan fingerprint density at radius 2 is 1.86 bits per heavy atom. The van der Waals surface area contributed by atoms with Crippen LogP contribution in [0.3, 0.4) is 0 Å². The van der Waals surface area contributed by atoms with Crippen molar-refractivity contribution in [2.45, 2.75) is 102 Å². The molecule has 3 aliphatic heterocycles. The van der Waals surface area contributed by atoms with Crippen LogP contribution in [0.2, 0.25) is 0 Å². The largest absolute Gasteiger partial charge is 0.472 e. The second-order valence-corrected chi connectivity index (χ2v) is 14.4. The lowest BCUT2D eigenvalue weighted by atomic mass is 9.35. The number of aliphatic hydroxyl groups excluding tert-OH is 1. The summed E-state index contributed by atoms with van der Waals surface area (Å²) in [4.78, 5) is 54.4. The standard InChI is InChI=1S/C32H38O12/c1-8-14(2)22(35)42-25-27(3,4)20(19(34)23(36)39-7)29(6)24(37)30(25,38)26-31(44-26)16-11-18(33)41-21(15-9-10-40-13-15)28(16,5)12-17-32(29,31)43-17/h8-10,13,16-17,19-21,25-26,34,38H,11-12H2,1-7H3/b14-8+/t16-,17-,19?,20+,21+,25+,26-,28-,29-,30+,31-,32+/m1/s1. The van der Waals surface area contributed by atoms with Gasteiger partial charge in [-0.15, -0.1) is 0 Å². The molecular weight excluding hydrogens is 576 g/mol. The number of hydrogen-bond acceptors (Lipinski definition) is 12. The van der Waals surface area contributed by atoms with E-state index in [-0.39, 0.29) is 12.0 Å². The molecule has 3 saturated heterocycles. The number of Topliss-reactive ketones (excluding diaryl/α,β-unsaturated/α-hetero) is 1. The lowest BCUT2D eigenvalue weighted by molar-refractivity contribution is -0.257. The van der Waals surface area contributed by atoms with Crippen LogP contribution in [0, 0.1) is 28.1 Å². The van der Waals surface area contributed by atoms with E-state index in [4.69, 9.17) is 28.1 Å². The number of carbonyl (C=O) groups is 4. The van der Waals surface area contributed by atoms with E-state index in [1.165, 1.54) is 12.5 Å². The Labute approximate surface area is 254 Å². The molecule has 0 aromatic carbocycles. The highest BCUT2D eigenvalue weighted by atomic mass is 16.7. The maximum Gasteiger partial charge on any atom is 0.335 e. The van der Waals surface area contributed by atoms with E-state index in [0.29, 0.717) is 12.0 Å². The second-order valence-electron chi connectivity index (χ2n) is 14.4. The summed E-state index contributed by atoms with van der Waals surface area (Å²) in [5.74, 6) is -4.87. The van der Waals surface area contributed by atoms with E-state index in [9.17, 15) is 29.4 Å². The third kappa shape index (κ3) is 2.99. The van der Waals surface area contributed by atoms with Gasteiger partial charge in [-0.05, 0) is 33.3 Å². The van der Waals surface area contributed by atoms with Crippen LogP contribution in [0.1, 0.15) is 66.1 Å². The number of ketones is 1. The van der Waals surface area contributed by atoms with Gasteiger partial charge in [0.1, 0.15) is 29.5 Å². The first-order valence-corrected chi connectivity index (χ1v) is 15.0. The average molecular weight is 615 g/mol. The number of cyclic esters (lactones) is 1. The fourth-order valence-corrected chi connectivity index (χ4v) is 10.4. The molecule has 2 spiro atoms. The number of hydrogen-bond donors (Lipinski definition) is 2. The van der Waals surface area contributed by atoms with Crippen molar-refractivity contribution < 1.29 is 57.5 Å². The molecule has 3 aliphatic carbocycles. The van der Waals surface area contributed by atoms with Gasteiger partial charge < -0.3 is 38.3 Å². The number of epoxide rings is 2.